The number of hydrogen-bond donors (Lipinski definition) is 0. The average Bonchev–Trinajstić information content (AvgIpc) is 2.68. The Kier molecular flexibility index (Phi) is 5.42. The lowest BCUT2D eigenvalue weighted by Crippen LogP contribution is -2.33. The van der Waals surface area contributed by atoms with Crippen LogP contribution in [0, 0.1) is 0 Å². The molecule has 0 heterocycles. The van der Waals surface area contributed by atoms with E-state index in [0.29, 0.717) is 18.8 Å². The van der Waals surface area contributed by atoms with Gasteiger partial charge in [-0.3, -0.25) is 0 Å². The van der Waals surface area contributed by atoms with Crippen LogP contribution in [0.4, 0.5) is 4.79 Å². The van der Waals surface area contributed by atoms with Gasteiger partial charge in [0.05, 0.1) is 7.11 Å². The molecule has 0 aliphatic carbocycles. The van der Waals surface area contributed by atoms with Gasteiger partial charge in [0.15, 0.2) is 0 Å². The van der Waals surface area contributed by atoms with E-state index < -0.39 is 0 Å². The molecule has 0 fully saturated rings. The summed E-state index contributed by atoms with van der Waals surface area (Å²) in [4.78, 5) is 14.1. The highest BCUT2D eigenvalue weighted by Crippen LogP contribution is 2.41. The number of methoxy groups -OCH3 is 1. The second-order valence-corrected chi connectivity index (χ2v) is 5.90. The highest BCUT2D eigenvalue weighted by Gasteiger charge is 2.18. The van der Waals surface area contributed by atoms with Gasteiger partial charge in [-0.05, 0) is 36.8 Å². The molecule has 1 amide bonds. The third-order valence-electron chi connectivity index (χ3n) is 4.49. The molecule has 0 aliphatic heterocycles. The number of carbonyl (C=O) groups is 1. The lowest BCUT2D eigenvalue weighted by Gasteiger charge is -2.20. The fraction of sp³-hybridized carbons (Fsp3) is 0.227. The van der Waals surface area contributed by atoms with Gasteiger partial charge in [0, 0.05) is 24.2 Å². The average molecular weight is 349 g/mol. The summed E-state index contributed by atoms with van der Waals surface area (Å²) in [6.07, 6.45) is -0.346. The number of para-hydroxylation sites is 1. The molecule has 0 saturated carbocycles. The van der Waals surface area contributed by atoms with Crippen LogP contribution in [0.15, 0.2) is 60.7 Å². The minimum Gasteiger partial charge on any atom is -0.496 e. The van der Waals surface area contributed by atoms with Crippen LogP contribution >= 0.6 is 0 Å². The molecule has 3 aromatic carbocycles. The van der Waals surface area contributed by atoms with Crippen molar-refractivity contribution in [3.8, 4) is 22.6 Å². The molecule has 0 unspecified atom stereocenters. The SMILES string of the molecule is CCN(CC)C(=O)Oc1ccccc1-c1c(OC)ccc2ccccc12. The van der Waals surface area contributed by atoms with Gasteiger partial charge in [0.25, 0.3) is 0 Å². The maximum Gasteiger partial charge on any atom is 0.415 e. The predicted octanol–water partition coefficient (Wildman–Crippen LogP) is 5.36. The lowest BCUT2D eigenvalue weighted by atomic mass is 9.96. The van der Waals surface area contributed by atoms with E-state index in [4.69, 9.17) is 9.47 Å². The van der Waals surface area contributed by atoms with E-state index in [9.17, 15) is 4.79 Å². The molecule has 3 aromatic rings. The van der Waals surface area contributed by atoms with Crippen LogP contribution in [0.25, 0.3) is 21.9 Å². The Morgan fingerprint density at radius 1 is 0.885 bits per heavy atom. The summed E-state index contributed by atoms with van der Waals surface area (Å²) < 4.78 is 11.3. The summed E-state index contributed by atoms with van der Waals surface area (Å²) in [5.74, 6) is 1.27. The monoisotopic (exact) mass is 349 g/mol. The largest absolute Gasteiger partial charge is 0.496 e. The molecule has 4 heteroatoms. The van der Waals surface area contributed by atoms with Crippen LogP contribution in [-0.2, 0) is 0 Å². The Balaban J connectivity index is 2.14. The van der Waals surface area contributed by atoms with Crippen LogP contribution in [0.1, 0.15) is 13.8 Å². The van der Waals surface area contributed by atoms with Gasteiger partial charge in [-0.2, -0.15) is 0 Å². The molecular formula is C22H23NO3. The summed E-state index contributed by atoms with van der Waals surface area (Å²) in [5.41, 5.74) is 1.76. The molecule has 0 bridgehead atoms. The molecule has 4 nitrogen and oxygen atoms in total. The van der Waals surface area contributed by atoms with Crippen LogP contribution in [0.3, 0.4) is 0 Å². The minimum absolute atomic E-state index is 0.346. The van der Waals surface area contributed by atoms with Crippen molar-refractivity contribution >= 4 is 16.9 Å². The zero-order chi connectivity index (χ0) is 18.5. The number of fused-ring (bicyclic) bond motifs is 1. The molecule has 0 radical (unpaired) electrons. The third kappa shape index (κ3) is 3.36. The third-order valence-corrected chi connectivity index (χ3v) is 4.49. The first-order chi connectivity index (χ1) is 12.7. The fourth-order valence-electron chi connectivity index (χ4n) is 3.10. The number of nitrogens with zero attached hydrogens (tertiary/aromatic N) is 1. The van der Waals surface area contributed by atoms with Crippen molar-refractivity contribution in [2.75, 3.05) is 20.2 Å². The van der Waals surface area contributed by atoms with E-state index in [2.05, 4.69) is 12.1 Å². The van der Waals surface area contributed by atoms with Crippen molar-refractivity contribution in [2.45, 2.75) is 13.8 Å². The van der Waals surface area contributed by atoms with E-state index >= 15 is 0 Å². The van der Waals surface area contributed by atoms with Gasteiger partial charge in [-0.25, -0.2) is 4.79 Å². The number of ether oxygens (including phenoxy) is 2. The highest BCUT2D eigenvalue weighted by molar-refractivity contribution is 6.01. The second kappa shape index (κ2) is 7.91. The molecule has 0 aliphatic rings. The van der Waals surface area contributed by atoms with Gasteiger partial charge in [0.2, 0.25) is 0 Å². The quantitative estimate of drug-likeness (QED) is 0.623. The maximum absolute atomic E-state index is 12.4. The number of amides is 1. The van der Waals surface area contributed by atoms with E-state index in [1.54, 1.807) is 12.0 Å². The Morgan fingerprint density at radius 3 is 2.31 bits per heavy atom. The van der Waals surface area contributed by atoms with Crippen molar-refractivity contribution in [3.63, 3.8) is 0 Å². The fourth-order valence-corrected chi connectivity index (χ4v) is 3.10. The number of rotatable bonds is 5. The molecular weight excluding hydrogens is 326 g/mol. The van der Waals surface area contributed by atoms with Crippen molar-refractivity contribution in [3.05, 3.63) is 60.7 Å². The Hall–Kier alpha value is -3.01. The molecule has 0 saturated heterocycles. The van der Waals surface area contributed by atoms with Gasteiger partial charge in [-0.15, -0.1) is 0 Å². The summed E-state index contributed by atoms with van der Waals surface area (Å²) in [6.45, 7) is 5.08. The van der Waals surface area contributed by atoms with Gasteiger partial charge in [-0.1, -0.05) is 48.5 Å². The zero-order valence-corrected chi connectivity index (χ0v) is 15.4. The summed E-state index contributed by atoms with van der Waals surface area (Å²) in [5, 5.41) is 2.16. The predicted molar refractivity (Wildman–Crippen MR) is 105 cm³/mol. The van der Waals surface area contributed by atoms with Gasteiger partial charge in [0.1, 0.15) is 11.5 Å². The summed E-state index contributed by atoms with van der Waals surface area (Å²) in [6, 6.07) is 19.7. The number of hydrogen-bond acceptors (Lipinski definition) is 3. The molecule has 0 atom stereocenters. The smallest absolute Gasteiger partial charge is 0.415 e. The first-order valence-corrected chi connectivity index (χ1v) is 8.81. The molecule has 0 N–H and O–H groups in total. The van der Waals surface area contributed by atoms with Crippen molar-refractivity contribution < 1.29 is 14.3 Å². The lowest BCUT2D eigenvalue weighted by molar-refractivity contribution is 0.157. The molecule has 26 heavy (non-hydrogen) atoms. The van der Waals surface area contributed by atoms with Gasteiger partial charge >= 0.3 is 6.09 Å². The van der Waals surface area contributed by atoms with Gasteiger partial charge < -0.3 is 14.4 Å². The van der Waals surface area contributed by atoms with Crippen LogP contribution in [0.2, 0.25) is 0 Å². The normalized spacial score (nSPS) is 10.6. The number of carbonyl (C=O) groups excluding carboxylic acids is 1. The topological polar surface area (TPSA) is 38.8 Å². The Bertz CT molecular complexity index is 916. The highest BCUT2D eigenvalue weighted by atomic mass is 16.6. The first-order valence-electron chi connectivity index (χ1n) is 8.81. The molecule has 0 aromatic heterocycles. The van der Waals surface area contributed by atoms with Crippen LogP contribution in [0.5, 0.6) is 11.5 Å². The first kappa shape index (κ1) is 17.8. The van der Waals surface area contributed by atoms with E-state index in [1.165, 1.54) is 0 Å². The maximum atomic E-state index is 12.4. The molecule has 0 spiro atoms. The van der Waals surface area contributed by atoms with Crippen molar-refractivity contribution in [2.24, 2.45) is 0 Å². The van der Waals surface area contributed by atoms with Crippen LogP contribution < -0.4 is 9.47 Å². The Morgan fingerprint density at radius 2 is 1.58 bits per heavy atom. The minimum atomic E-state index is -0.346. The van der Waals surface area contributed by atoms with E-state index in [1.807, 2.05) is 62.4 Å². The second-order valence-electron chi connectivity index (χ2n) is 5.90. The summed E-state index contributed by atoms with van der Waals surface area (Å²) in [7, 11) is 1.65. The summed E-state index contributed by atoms with van der Waals surface area (Å²) >= 11 is 0. The van der Waals surface area contributed by atoms with Crippen molar-refractivity contribution in [1.29, 1.82) is 0 Å². The standard InChI is InChI=1S/C22H23NO3/c1-4-23(5-2)22(24)26-19-13-9-8-12-18(19)21-17-11-7-6-10-16(17)14-15-20(21)25-3/h6-15H,4-5H2,1-3H3. The Labute approximate surface area is 154 Å². The van der Waals surface area contributed by atoms with Crippen molar-refractivity contribution in [1.82, 2.24) is 4.90 Å². The zero-order valence-electron chi connectivity index (χ0n) is 15.4. The van der Waals surface area contributed by atoms with Crippen LogP contribution in [-0.4, -0.2) is 31.2 Å². The molecule has 134 valence electrons. The van der Waals surface area contributed by atoms with E-state index in [0.717, 1.165) is 27.6 Å². The molecule has 3 rings (SSSR count). The number of benzene rings is 3. The van der Waals surface area contributed by atoms with E-state index in [-0.39, 0.29) is 6.09 Å².